The SMILES string of the molecule is COCCNc1nn(C)cc1Br. The zero-order chi connectivity index (χ0) is 8.97. The molecule has 0 amide bonds. The van der Waals surface area contributed by atoms with E-state index >= 15 is 0 Å². The Hall–Kier alpha value is -0.550. The van der Waals surface area contributed by atoms with E-state index in [1.165, 1.54) is 0 Å². The number of ether oxygens (including phenoxy) is 1. The van der Waals surface area contributed by atoms with Crippen molar-refractivity contribution < 1.29 is 4.74 Å². The van der Waals surface area contributed by atoms with Crippen LogP contribution in [0.15, 0.2) is 10.7 Å². The summed E-state index contributed by atoms with van der Waals surface area (Å²) in [6.07, 6.45) is 1.90. The van der Waals surface area contributed by atoms with Crippen LogP contribution < -0.4 is 5.32 Å². The second kappa shape index (κ2) is 4.47. The van der Waals surface area contributed by atoms with Crippen molar-refractivity contribution in [3.05, 3.63) is 10.7 Å². The molecule has 0 saturated heterocycles. The van der Waals surface area contributed by atoms with Crippen LogP contribution in [0, 0.1) is 0 Å². The van der Waals surface area contributed by atoms with Crippen LogP contribution >= 0.6 is 15.9 Å². The fourth-order valence-electron chi connectivity index (χ4n) is 0.851. The first kappa shape index (κ1) is 9.54. The topological polar surface area (TPSA) is 39.1 Å². The van der Waals surface area contributed by atoms with Gasteiger partial charge in [-0.05, 0) is 15.9 Å². The molecule has 0 aliphatic rings. The van der Waals surface area contributed by atoms with Gasteiger partial charge in [-0.15, -0.1) is 0 Å². The second-order valence-electron chi connectivity index (χ2n) is 2.42. The highest BCUT2D eigenvalue weighted by Gasteiger charge is 2.02. The molecule has 0 unspecified atom stereocenters. The molecule has 0 aliphatic heterocycles. The van der Waals surface area contributed by atoms with Gasteiger partial charge in [-0.3, -0.25) is 4.68 Å². The molecule has 1 heterocycles. The van der Waals surface area contributed by atoms with Crippen LogP contribution in [-0.4, -0.2) is 30.0 Å². The number of hydrogen-bond donors (Lipinski definition) is 1. The predicted molar refractivity (Wildman–Crippen MR) is 51.3 cm³/mol. The first-order valence-corrected chi connectivity index (χ1v) is 4.45. The normalized spacial score (nSPS) is 10.2. The van der Waals surface area contributed by atoms with Gasteiger partial charge in [0, 0.05) is 26.9 Å². The monoisotopic (exact) mass is 233 g/mol. The van der Waals surface area contributed by atoms with Crippen LogP contribution in [0.4, 0.5) is 5.82 Å². The average molecular weight is 234 g/mol. The van der Waals surface area contributed by atoms with Crippen molar-refractivity contribution >= 4 is 21.7 Å². The maximum absolute atomic E-state index is 4.90. The number of nitrogens with one attached hydrogen (secondary N) is 1. The van der Waals surface area contributed by atoms with Gasteiger partial charge in [-0.25, -0.2) is 0 Å². The zero-order valence-corrected chi connectivity index (χ0v) is 8.76. The predicted octanol–water partition coefficient (Wildman–Crippen LogP) is 1.24. The molecule has 0 saturated carbocycles. The molecule has 0 aliphatic carbocycles. The van der Waals surface area contributed by atoms with Gasteiger partial charge in [-0.2, -0.15) is 5.10 Å². The zero-order valence-electron chi connectivity index (χ0n) is 7.17. The summed E-state index contributed by atoms with van der Waals surface area (Å²) in [5.41, 5.74) is 0. The van der Waals surface area contributed by atoms with E-state index in [1.54, 1.807) is 11.8 Å². The Balaban J connectivity index is 2.45. The van der Waals surface area contributed by atoms with E-state index in [0.29, 0.717) is 6.61 Å². The van der Waals surface area contributed by atoms with Gasteiger partial charge in [0.2, 0.25) is 0 Å². The van der Waals surface area contributed by atoms with Crippen LogP contribution in [0.3, 0.4) is 0 Å². The van der Waals surface area contributed by atoms with E-state index in [0.717, 1.165) is 16.8 Å². The van der Waals surface area contributed by atoms with Gasteiger partial charge in [0.15, 0.2) is 5.82 Å². The molecule has 0 radical (unpaired) electrons. The first-order chi connectivity index (χ1) is 5.74. The molecule has 0 bridgehead atoms. The van der Waals surface area contributed by atoms with Crippen LogP contribution in [0.25, 0.3) is 0 Å². The van der Waals surface area contributed by atoms with E-state index in [1.807, 2.05) is 13.2 Å². The van der Waals surface area contributed by atoms with Crippen molar-refractivity contribution in [2.45, 2.75) is 0 Å². The maximum atomic E-state index is 4.90. The van der Waals surface area contributed by atoms with E-state index in [2.05, 4.69) is 26.3 Å². The molecule has 1 aromatic heterocycles. The molecular weight excluding hydrogens is 222 g/mol. The summed E-state index contributed by atoms with van der Waals surface area (Å²) in [4.78, 5) is 0. The van der Waals surface area contributed by atoms with Crippen LogP contribution in [0.1, 0.15) is 0 Å². The van der Waals surface area contributed by atoms with Crippen LogP contribution in [0.5, 0.6) is 0 Å². The first-order valence-electron chi connectivity index (χ1n) is 3.66. The minimum absolute atomic E-state index is 0.684. The highest BCUT2D eigenvalue weighted by atomic mass is 79.9. The van der Waals surface area contributed by atoms with Gasteiger partial charge in [0.05, 0.1) is 11.1 Å². The molecule has 1 rings (SSSR count). The third-order valence-corrected chi connectivity index (χ3v) is 1.96. The van der Waals surface area contributed by atoms with E-state index in [9.17, 15) is 0 Å². The largest absolute Gasteiger partial charge is 0.383 e. The minimum Gasteiger partial charge on any atom is -0.383 e. The number of anilines is 1. The summed E-state index contributed by atoms with van der Waals surface area (Å²) in [6, 6.07) is 0. The lowest BCUT2D eigenvalue weighted by Crippen LogP contribution is -2.08. The number of hydrogen-bond acceptors (Lipinski definition) is 3. The number of halogens is 1. The molecule has 0 atom stereocenters. The molecule has 12 heavy (non-hydrogen) atoms. The van der Waals surface area contributed by atoms with Gasteiger partial charge >= 0.3 is 0 Å². The number of aromatic nitrogens is 2. The Bertz CT molecular complexity index is 249. The summed E-state index contributed by atoms with van der Waals surface area (Å²) in [5.74, 6) is 0.856. The molecular formula is C7H12BrN3O. The molecule has 68 valence electrons. The van der Waals surface area contributed by atoms with Gasteiger partial charge in [-0.1, -0.05) is 0 Å². The van der Waals surface area contributed by atoms with Crippen molar-refractivity contribution in [2.75, 3.05) is 25.6 Å². The number of aryl methyl sites for hydroxylation is 1. The third kappa shape index (κ3) is 2.49. The van der Waals surface area contributed by atoms with Crippen LogP contribution in [0.2, 0.25) is 0 Å². The Kier molecular flexibility index (Phi) is 3.55. The Morgan fingerprint density at radius 3 is 3.00 bits per heavy atom. The Morgan fingerprint density at radius 2 is 2.50 bits per heavy atom. The van der Waals surface area contributed by atoms with Crippen molar-refractivity contribution in [3.63, 3.8) is 0 Å². The lowest BCUT2D eigenvalue weighted by atomic mass is 10.6. The van der Waals surface area contributed by atoms with Crippen molar-refractivity contribution in [1.82, 2.24) is 9.78 Å². The molecule has 0 spiro atoms. The molecule has 1 N–H and O–H groups in total. The number of nitrogens with zero attached hydrogens (tertiary/aromatic N) is 2. The summed E-state index contributed by atoms with van der Waals surface area (Å²) in [5, 5.41) is 7.32. The lowest BCUT2D eigenvalue weighted by Gasteiger charge is -2.01. The fraction of sp³-hybridized carbons (Fsp3) is 0.571. The summed E-state index contributed by atoms with van der Waals surface area (Å²) < 4.78 is 7.62. The molecule has 0 fully saturated rings. The Labute approximate surface area is 80.0 Å². The fourth-order valence-corrected chi connectivity index (χ4v) is 1.37. The quantitative estimate of drug-likeness (QED) is 0.796. The molecule has 0 aromatic carbocycles. The number of methoxy groups -OCH3 is 1. The average Bonchev–Trinajstić information content (AvgIpc) is 2.31. The van der Waals surface area contributed by atoms with Gasteiger partial charge in [0.25, 0.3) is 0 Å². The third-order valence-electron chi connectivity index (χ3n) is 1.38. The molecule has 5 heteroatoms. The minimum atomic E-state index is 0.684. The Morgan fingerprint density at radius 1 is 1.75 bits per heavy atom. The smallest absolute Gasteiger partial charge is 0.162 e. The van der Waals surface area contributed by atoms with Crippen molar-refractivity contribution in [2.24, 2.45) is 7.05 Å². The van der Waals surface area contributed by atoms with E-state index in [-0.39, 0.29) is 0 Å². The highest BCUT2D eigenvalue weighted by molar-refractivity contribution is 9.10. The van der Waals surface area contributed by atoms with Crippen molar-refractivity contribution in [1.29, 1.82) is 0 Å². The van der Waals surface area contributed by atoms with E-state index in [4.69, 9.17) is 4.74 Å². The summed E-state index contributed by atoms with van der Waals surface area (Å²) in [7, 11) is 3.56. The second-order valence-corrected chi connectivity index (χ2v) is 3.27. The molecule has 1 aromatic rings. The van der Waals surface area contributed by atoms with Crippen LogP contribution in [-0.2, 0) is 11.8 Å². The van der Waals surface area contributed by atoms with Gasteiger partial charge < -0.3 is 10.1 Å². The lowest BCUT2D eigenvalue weighted by molar-refractivity contribution is 0.210. The summed E-state index contributed by atoms with van der Waals surface area (Å²) in [6.45, 7) is 1.45. The van der Waals surface area contributed by atoms with Crippen molar-refractivity contribution in [3.8, 4) is 0 Å². The molecule has 4 nitrogen and oxygen atoms in total. The van der Waals surface area contributed by atoms with Gasteiger partial charge in [0.1, 0.15) is 0 Å². The maximum Gasteiger partial charge on any atom is 0.162 e. The van der Waals surface area contributed by atoms with E-state index < -0.39 is 0 Å². The standard InChI is InChI=1S/C7H12BrN3O/c1-11-5-6(8)7(10-11)9-3-4-12-2/h5H,3-4H2,1-2H3,(H,9,10). The highest BCUT2D eigenvalue weighted by Crippen LogP contribution is 2.18. The summed E-state index contributed by atoms with van der Waals surface area (Å²) >= 11 is 3.38. The number of rotatable bonds is 4.